The fourth-order valence-electron chi connectivity index (χ4n) is 4.04. The minimum Gasteiger partial charge on any atom is -0.469 e. The van der Waals surface area contributed by atoms with Gasteiger partial charge in [0.1, 0.15) is 17.6 Å². The van der Waals surface area contributed by atoms with Crippen LogP contribution in [0.4, 0.5) is 4.79 Å². The lowest BCUT2D eigenvalue weighted by atomic mass is 9.80. The fraction of sp³-hybridized carbons (Fsp3) is 0.600. The lowest BCUT2D eigenvalue weighted by Gasteiger charge is -2.32. The van der Waals surface area contributed by atoms with E-state index in [1.807, 2.05) is 0 Å². The summed E-state index contributed by atoms with van der Waals surface area (Å²) in [6.45, 7) is 7.24. The van der Waals surface area contributed by atoms with Crippen LogP contribution in [0.1, 0.15) is 72.6 Å². The Labute approximate surface area is 194 Å². The molecule has 0 saturated heterocycles. The number of unbranched alkanes of at least 4 members (excludes halogenated alkanes) is 1. The Hall–Kier alpha value is -2.90. The maximum atomic E-state index is 13.0. The number of nitrogens with one attached hydrogen (secondary N) is 1. The van der Waals surface area contributed by atoms with Crippen molar-refractivity contribution in [3.8, 4) is 0 Å². The van der Waals surface area contributed by atoms with Gasteiger partial charge in [-0.1, -0.05) is 12.8 Å². The molecule has 0 spiro atoms. The predicted octanol–water partition coefficient (Wildman–Crippen LogP) is 4.05. The molecule has 8 nitrogen and oxygen atoms in total. The monoisotopic (exact) mass is 459 g/mol. The van der Waals surface area contributed by atoms with E-state index in [-0.39, 0.29) is 11.5 Å². The van der Waals surface area contributed by atoms with E-state index in [0.29, 0.717) is 30.7 Å². The van der Waals surface area contributed by atoms with Crippen LogP contribution in [0.25, 0.3) is 0 Å². The van der Waals surface area contributed by atoms with Crippen LogP contribution >= 0.6 is 0 Å². The van der Waals surface area contributed by atoms with Gasteiger partial charge >= 0.3 is 12.1 Å². The minimum absolute atomic E-state index is 0.228. The average Bonchev–Trinajstić information content (AvgIpc) is 3.26. The van der Waals surface area contributed by atoms with Gasteiger partial charge in [0.15, 0.2) is 0 Å². The van der Waals surface area contributed by atoms with Gasteiger partial charge in [-0.3, -0.25) is 14.4 Å². The highest BCUT2D eigenvalue weighted by atomic mass is 16.6. The third kappa shape index (κ3) is 6.12. The number of carbonyl (C=O) groups excluding carboxylic acids is 4. The largest absolute Gasteiger partial charge is 0.469 e. The molecule has 0 bridgehead atoms. The van der Waals surface area contributed by atoms with Gasteiger partial charge in [0, 0.05) is 13.0 Å². The number of alkyl carbamates (subject to hydrolysis) is 1. The molecule has 180 valence electrons. The lowest BCUT2D eigenvalue weighted by Crippen LogP contribution is -2.51. The minimum atomic E-state index is -1.85. The van der Waals surface area contributed by atoms with E-state index in [2.05, 4.69) is 5.32 Å². The van der Waals surface area contributed by atoms with E-state index >= 15 is 0 Å². The molecule has 33 heavy (non-hydrogen) atoms. The molecule has 3 aliphatic rings. The van der Waals surface area contributed by atoms with Crippen LogP contribution in [0.2, 0.25) is 0 Å². The Bertz CT molecular complexity index is 916. The first-order valence-corrected chi connectivity index (χ1v) is 11.6. The number of allylic oxidation sites excluding steroid dienone is 3. The summed E-state index contributed by atoms with van der Waals surface area (Å²) in [6, 6.07) is 0. The Kier molecular flexibility index (Phi) is 7.44. The van der Waals surface area contributed by atoms with Crippen LogP contribution < -0.4 is 5.32 Å². The zero-order chi connectivity index (χ0) is 24.2. The smallest absolute Gasteiger partial charge is 0.407 e. The zero-order valence-corrected chi connectivity index (χ0v) is 19.8. The third-order valence-corrected chi connectivity index (χ3v) is 5.90. The van der Waals surface area contributed by atoms with Gasteiger partial charge in [0.25, 0.3) is 0 Å². The highest BCUT2D eigenvalue weighted by Gasteiger charge is 2.50. The van der Waals surface area contributed by atoms with Gasteiger partial charge in [0.2, 0.25) is 17.2 Å². The number of Topliss-reactive ketones (excluding diaryl/α,β-unsaturated/α-hetero) is 1. The van der Waals surface area contributed by atoms with Crippen LogP contribution in [0.15, 0.2) is 35.3 Å². The van der Waals surface area contributed by atoms with E-state index in [4.69, 9.17) is 14.2 Å². The van der Waals surface area contributed by atoms with E-state index in [9.17, 15) is 19.2 Å². The van der Waals surface area contributed by atoms with Gasteiger partial charge < -0.3 is 19.5 Å². The van der Waals surface area contributed by atoms with Crippen LogP contribution in [0, 0.1) is 5.92 Å². The maximum absolute atomic E-state index is 13.0. The number of carbonyl (C=O) groups is 4. The summed E-state index contributed by atoms with van der Waals surface area (Å²) in [5.41, 5.74) is -1.70. The molecule has 0 aromatic heterocycles. The van der Waals surface area contributed by atoms with E-state index in [0.717, 1.165) is 32.1 Å². The average molecular weight is 460 g/mol. The Morgan fingerprint density at radius 1 is 1.15 bits per heavy atom. The second-order valence-electron chi connectivity index (χ2n) is 9.87. The molecule has 8 heteroatoms. The first-order chi connectivity index (χ1) is 15.5. The summed E-state index contributed by atoms with van der Waals surface area (Å²) in [5, 5.41) is 2.70. The summed E-state index contributed by atoms with van der Waals surface area (Å²) in [7, 11) is 0. The number of ether oxygens (including phenoxy) is 3. The van der Waals surface area contributed by atoms with Crippen LogP contribution in [-0.2, 0) is 28.6 Å². The number of rotatable bonds is 7. The fourth-order valence-corrected chi connectivity index (χ4v) is 4.04. The second-order valence-corrected chi connectivity index (χ2v) is 9.87. The molecule has 1 amide bonds. The molecule has 1 saturated carbocycles. The Balaban J connectivity index is 1.54. The van der Waals surface area contributed by atoms with Crippen molar-refractivity contribution < 1.29 is 33.4 Å². The highest BCUT2D eigenvalue weighted by Crippen LogP contribution is 2.35. The molecule has 3 rings (SSSR count). The summed E-state index contributed by atoms with van der Waals surface area (Å²) in [5.74, 6) is -1.21. The molecule has 0 radical (unpaired) electrons. The van der Waals surface area contributed by atoms with E-state index in [1.165, 1.54) is 19.3 Å². The molecule has 1 aliphatic heterocycles. The van der Waals surface area contributed by atoms with Gasteiger partial charge in [0.05, 0.1) is 11.5 Å². The summed E-state index contributed by atoms with van der Waals surface area (Å²) >= 11 is 0. The number of ketones is 2. The van der Waals surface area contributed by atoms with Crippen molar-refractivity contribution in [2.75, 3.05) is 6.54 Å². The standard InChI is InChI=1S/C25H33NO7/c1-24(2,3)33-23(30)26-12-8-7-11-18-13-17-14-20(27)25(4,21(28)19(17)15-31-18)32-22(29)16-9-5-6-10-16/h13-16H,5-12H2,1-4H3,(H,26,30). The Morgan fingerprint density at radius 3 is 2.52 bits per heavy atom. The van der Waals surface area contributed by atoms with Crippen molar-refractivity contribution in [1.29, 1.82) is 0 Å². The maximum Gasteiger partial charge on any atom is 0.407 e. The number of esters is 1. The molecule has 2 aliphatic carbocycles. The molecule has 1 atom stereocenters. The van der Waals surface area contributed by atoms with Gasteiger partial charge in [-0.25, -0.2) is 4.79 Å². The number of hydrogen-bond acceptors (Lipinski definition) is 7. The molecular formula is C25H33NO7. The first-order valence-electron chi connectivity index (χ1n) is 11.6. The summed E-state index contributed by atoms with van der Waals surface area (Å²) in [4.78, 5) is 49.9. The molecule has 1 N–H and O–H groups in total. The second kappa shape index (κ2) is 9.93. The quantitative estimate of drug-likeness (QED) is 0.348. The highest BCUT2D eigenvalue weighted by molar-refractivity contribution is 6.26. The third-order valence-electron chi connectivity index (χ3n) is 5.90. The molecular weight excluding hydrogens is 426 g/mol. The first kappa shape index (κ1) is 24.7. The van der Waals surface area contributed by atoms with Gasteiger partial charge in [-0.2, -0.15) is 0 Å². The van der Waals surface area contributed by atoms with Crippen LogP contribution in [0.3, 0.4) is 0 Å². The van der Waals surface area contributed by atoms with Crippen molar-refractivity contribution in [3.63, 3.8) is 0 Å². The zero-order valence-electron chi connectivity index (χ0n) is 19.8. The lowest BCUT2D eigenvalue weighted by molar-refractivity contribution is -0.172. The molecule has 1 unspecified atom stereocenters. The normalized spacial score (nSPS) is 23.1. The van der Waals surface area contributed by atoms with E-state index in [1.54, 1.807) is 26.8 Å². The van der Waals surface area contributed by atoms with Crippen LogP contribution in [0.5, 0.6) is 0 Å². The number of amides is 1. The van der Waals surface area contributed by atoms with Crippen molar-refractivity contribution >= 4 is 23.6 Å². The van der Waals surface area contributed by atoms with Crippen molar-refractivity contribution in [2.45, 2.75) is 83.8 Å². The predicted molar refractivity (Wildman–Crippen MR) is 120 cm³/mol. The topological polar surface area (TPSA) is 108 Å². The van der Waals surface area contributed by atoms with Crippen molar-refractivity contribution in [1.82, 2.24) is 5.32 Å². The molecule has 0 aromatic carbocycles. The van der Waals surface area contributed by atoms with Crippen molar-refractivity contribution in [3.05, 3.63) is 35.3 Å². The molecule has 1 heterocycles. The van der Waals surface area contributed by atoms with Crippen molar-refractivity contribution in [2.24, 2.45) is 5.92 Å². The summed E-state index contributed by atoms with van der Waals surface area (Å²) < 4.78 is 16.3. The number of hydrogen-bond donors (Lipinski definition) is 1. The molecule has 1 fully saturated rings. The Morgan fingerprint density at radius 2 is 1.85 bits per heavy atom. The van der Waals surface area contributed by atoms with Gasteiger partial charge in [-0.15, -0.1) is 0 Å². The van der Waals surface area contributed by atoms with E-state index < -0.39 is 34.8 Å². The SMILES string of the molecule is CC(C)(C)OC(=O)NCCCCC1=CC2=CC(=O)C(C)(OC(=O)C3CCCC3)C(=O)C2=CO1. The summed E-state index contributed by atoms with van der Waals surface area (Å²) in [6.07, 6.45) is 9.27. The van der Waals surface area contributed by atoms with Gasteiger partial charge in [-0.05, 0) is 71.1 Å². The number of fused-ring (bicyclic) bond motifs is 1. The molecule has 0 aromatic rings. The van der Waals surface area contributed by atoms with Crippen LogP contribution in [-0.4, -0.2) is 41.4 Å².